The molecule has 1 fully saturated rings. The van der Waals surface area contributed by atoms with Crippen LogP contribution in [-0.4, -0.2) is 21.8 Å². The highest BCUT2D eigenvalue weighted by molar-refractivity contribution is 7.99. The Morgan fingerprint density at radius 2 is 1.82 bits per heavy atom. The molecule has 2 aliphatic carbocycles. The predicted molar refractivity (Wildman–Crippen MR) is 156 cm³/mol. The molecule has 38 heavy (non-hydrogen) atoms. The summed E-state index contributed by atoms with van der Waals surface area (Å²) in [5.74, 6) is 0.558. The summed E-state index contributed by atoms with van der Waals surface area (Å²) in [4.78, 5) is 15.7. The zero-order valence-electron chi connectivity index (χ0n) is 20.5. The van der Waals surface area contributed by atoms with E-state index in [9.17, 15) is 9.18 Å². The van der Waals surface area contributed by atoms with Crippen molar-refractivity contribution in [2.45, 2.75) is 18.1 Å². The van der Waals surface area contributed by atoms with Gasteiger partial charge in [0.15, 0.2) is 0 Å². The van der Waals surface area contributed by atoms with Gasteiger partial charge >= 0.3 is 5.97 Å². The smallest absolute Gasteiger partial charge is 0.303 e. The fourth-order valence-electron chi connectivity index (χ4n) is 5.12. The van der Waals surface area contributed by atoms with Crippen LogP contribution in [0.1, 0.15) is 51.6 Å². The number of carbonyl (C=O) groups is 1. The molecule has 3 aromatic carbocycles. The standard InChI is InChI=1S/C32H25ClFNO2S/c33-28-17-30-22(15-29(28)34)10-12-25(35-30)11-6-19-5-7-21-9-8-20-3-1-2-4-26(20)32(27(21)13-19)38-18-24-14-23(24)16-31(36)37/h1-13,15,17,23-24,32H,14,16,18H2,(H,36,37)/b11-6+. The molecule has 1 N–H and O–H groups in total. The number of carboxylic acids is 1. The molecule has 0 bridgehead atoms. The van der Waals surface area contributed by atoms with Crippen LogP contribution in [-0.2, 0) is 4.79 Å². The van der Waals surface area contributed by atoms with Gasteiger partial charge in [-0.3, -0.25) is 4.79 Å². The van der Waals surface area contributed by atoms with Crippen molar-refractivity contribution in [3.8, 4) is 0 Å². The van der Waals surface area contributed by atoms with Crippen molar-refractivity contribution in [3.05, 3.63) is 111 Å². The summed E-state index contributed by atoms with van der Waals surface area (Å²) < 4.78 is 13.8. The van der Waals surface area contributed by atoms with E-state index in [-0.39, 0.29) is 16.7 Å². The predicted octanol–water partition coefficient (Wildman–Crippen LogP) is 8.61. The number of aromatic nitrogens is 1. The molecule has 1 saturated carbocycles. The molecule has 190 valence electrons. The van der Waals surface area contributed by atoms with E-state index in [0.717, 1.165) is 23.4 Å². The van der Waals surface area contributed by atoms with E-state index in [2.05, 4.69) is 59.6 Å². The minimum atomic E-state index is -0.704. The summed E-state index contributed by atoms with van der Waals surface area (Å²) in [6.45, 7) is 0. The van der Waals surface area contributed by atoms with Gasteiger partial charge in [-0.1, -0.05) is 72.3 Å². The molecule has 0 spiro atoms. The fraction of sp³-hybridized carbons (Fsp3) is 0.188. The van der Waals surface area contributed by atoms with Crippen LogP contribution < -0.4 is 0 Å². The summed E-state index contributed by atoms with van der Waals surface area (Å²) >= 11 is 7.87. The number of pyridine rings is 1. The van der Waals surface area contributed by atoms with Crippen LogP contribution in [0, 0.1) is 17.7 Å². The molecule has 6 rings (SSSR count). The van der Waals surface area contributed by atoms with E-state index >= 15 is 0 Å². The van der Waals surface area contributed by atoms with Gasteiger partial charge in [-0.25, -0.2) is 9.37 Å². The van der Waals surface area contributed by atoms with Gasteiger partial charge < -0.3 is 5.11 Å². The number of nitrogens with zero attached hydrogens (tertiary/aromatic N) is 1. The summed E-state index contributed by atoms with van der Waals surface area (Å²) in [7, 11) is 0. The van der Waals surface area contributed by atoms with Crippen LogP contribution in [0.4, 0.5) is 4.39 Å². The molecule has 6 heteroatoms. The second kappa shape index (κ2) is 10.4. The lowest BCUT2D eigenvalue weighted by Crippen LogP contribution is -2.03. The quantitative estimate of drug-likeness (QED) is 0.254. The molecule has 3 nitrogen and oxygen atoms in total. The first-order chi connectivity index (χ1) is 18.4. The third-order valence-electron chi connectivity index (χ3n) is 7.30. The van der Waals surface area contributed by atoms with Crippen molar-refractivity contribution in [1.29, 1.82) is 0 Å². The van der Waals surface area contributed by atoms with Gasteiger partial charge in [-0.2, -0.15) is 0 Å². The molecule has 3 unspecified atom stereocenters. The van der Waals surface area contributed by atoms with Crippen LogP contribution in [0.2, 0.25) is 5.02 Å². The van der Waals surface area contributed by atoms with Crippen LogP contribution in [0.25, 0.3) is 35.2 Å². The number of thioether (sulfide) groups is 1. The number of carboxylic acid groups (broad SMARTS) is 1. The topological polar surface area (TPSA) is 50.2 Å². The second-order valence-corrected chi connectivity index (χ2v) is 11.5. The van der Waals surface area contributed by atoms with Gasteiger partial charge in [0.25, 0.3) is 0 Å². The lowest BCUT2D eigenvalue weighted by molar-refractivity contribution is -0.137. The molecule has 0 saturated heterocycles. The molecule has 0 amide bonds. The van der Waals surface area contributed by atoms with Crippen molar-refractivity contribution in [3.63, 3.8) is 0 Å². The minimum Gasteiger partial charge on any atom is -0.481 e. The first kappa shape index (κ1) is 24.9. The Balaban J connectivity index is 1.29. The van der Waals surface area contributed by atoms with Gasteiger partial charge in [-0.05, 0) is 82.2 Å². The second-order valence-electron chi connectivity index (χ2n) is 9.95. The van der Waals surface area contributed by atoms with E-state index in [1.165, 1.54) is 28.3 Å². The SMILES string of the molecule is O=C(O)CC1CC1CSC1c2ccccc2C=Cc2ccc(/C=C/c3ccc4cc(F)c(Cl)cc4n3)cc21. The number of hydrogen-bond donors (Lipinski definition) is 1. The van der Waals surface area contributed by atoms with E-state index < -0.39 is 11.8 Å². The molecule has 0 radical (unpaired) electrons. The number of aliphatic carboxylic acids is 1. The Bertz CT molecular complexity index is 1610. The fourth-order valence-corrected chi connectivity index (χ4v) is 6.90. The highest BCUT2D eigenvalue weighted by Gasteiger charge is 2.39. The van der Waals surface area contributed by atoms with Crippen molar-refractivity contribution in [1.82, 2.24) is 4.98 Å². The summed E-state index contributed by atoms with van der Waals surface area (Å²) in [6, 6.07) is 21.7. The molecule has 0 aliphatic heterocycles. The van der Waals surface area contributed by atoms with Gasteiger partial charge in [0.2, 0.25) is 0 Å². The average molecular weight is 542 g/mol. The van der Waals surface area contributed by atoms with Crippen molar-refractivity contribution in [2.75, 3.05) is 5.75 Å². The van der Waals surface area contributed by atoms with Gasteiger partial charge in [0.1, 0.15) is 5.82 Å². The molecular formula is C32H25ClFNO2S. The zero-order valence-corrected chi connectivity index (χ0v) is 22.1. The largest absolute Gasteiger partial charge is 0.481 e. The van der Waals surface area contributed by atoms with E-state index in [0.29, 0.717) is 22.7 Å². The Kier molecular flexibility index (Phi) is 6.81. The lowest BCUT2D eigenvalue weighted by atomic mass is 9.97. The highest BCUT2D eigenvalue weighted by Crippen LogP contribution is 2.49. The first-order valence-corrected chi connectivity index (χ1v) is 14.1. The molecule has 2 aliphatic rings. The Morgan fingerprint density at radius 3 is 2.66 bits per heavy atom. The zero-order chi connectivity index (χ0) is 26.2. The molecular weight excluding hydrogens is 517 g/mol. The molecule has 1 aromatic heterocycles. The average Bonchev–Trinajstić information content (AvgIpc) is 3.67. The number of fused-ring (bicyclic) bond motifs is 3. The van der Waals surface area contributed by atoms with Crippen LogP contribution in [0.5, 0.6) is 0 Å². The summed E-state index contributed by atoms with van der Waals surface area (Å²) in [5, 5.41) is 10.1. The third kappa shape index (κ3) is 5.27. The van der Waals surface area contributed by atoms with Gasteiger partial charge in [0.05, 0.1) is 21.5 Å². The number of halogens is 2. The van der Waals surface area contributed by atoms with Crippen molar-refractivity contribution in [2.24, 2.45) is 11.8 Å². The Morgan fingerprint density at radius 1 is 1.00 bits per heavy atom. The minimum absolute atomic E-state index is 0.0641. The van der Waals surface area contributed by atoms with Crippen LogP contribution >= 0.6 is 23.4 Å². The number of benzene rings is 3. The summed E-state index contributed by atoms with van der Waals surface area (Å²) in [5.41, 5.74) is 7.42. The Hall–Kier alpha value is -3.41. The van der Waals surface area contributed by atoms with Gasteiger partial charge in [-0.15, -0.1) is 11.8 Å². The Labute approximate surface area is 230 Å². The number of hydrogen-bond acceptors (Lipinski definition) is 3. The maximum Gasteiger partial charge on any atom is 0.303 e. The first-order valence-electron chi connectivity index (χ1n) is 12.6. The number of rotatable bonds is 7. The summed E-state index contributed by atoms with van der Waals surface area (Å²) in [6.07, 6.45) is 9.64. The van der Waals surface area contributed by atoms with Crippen molar-refractivity contribution < 1.29 is 14.3 Å². The van der Waals surface area contributed by atoms with E-state index in [1.54, 1.807) is 6.07 Å². The lowest BCUT2D eigenvalue weighted by Gasteiger charge is -2.21. The molecule has 1 heterocycles. The molecule has 3 atom stereocenters. The van der Waals surface area contributed by atoms with Gasteiger partial charge in [0, 0.05) is 11.8 Å². The third-order valence-corrected chi connectivity index (χ3v) is 9.05. The van der Waals surface area contributed by atoms with E-state index in [1.807, 2.05) is 36.0 Å². The monoisotopic (exact) mass is 541 g/mol. The highest BCUT2D eigenvalue weighted by atomic mass is 35.5. The maximum atomic E-state index is 13.8. The molecule has 4 aromatic rings. The maximum absolute atomic E-state index is 13.8. The normalized spacial score (nSPS) is 19.8. The van der Waals surface area contributed by atoms with Crippen LogP contribution in [0.15, 0.2) is 66.7 Å². The van der Waals surface area contributed by atoms with Crippen molar-refractivity contribution >= 4 is 64.5 Å². The van der Waals surface area contributed by atoms with E-state index in [4.69, 9.17) is 16.7 Å². The van der Waals surface area contributed by atoms with Crippen LogP contribution in [0.3, 0.4) is 0 Å².